The molecule has 142 valence electrons. The molecule has 5 nitrogen and oxygen atoms in total. The summed E-state index contributed by atoms with van der Waals surface area (Å²) in [7, 11) is 0. The molecule has 1 atom stereocenters. The average Bonchev–Trinajstić information content (AvgIpc) is 3.13. The molecule has 2 heterocycles. The summed E-state index contributed by atoms with van der Waals surface area (Å²) in [6.07, 6.45) is 3.44. The number of hydrogen-bond donors (Lipinski definition) is 1. The molecule has 4 rings (SSSR count). The number of fused-ring (bicyclic) bond motifs is 1. The highest BCUT2D eigenvalue weighted by Crippen LogP contribution is 2.22. The number of carbonyl (C=O) groups excluding carboxylic acids is 1. The van der Waals surface area contributed by atoms with Gasteiger partial charge in [-0.2, -0.15) is 5.26 Å². The first-order valence-corrected chi connectivity index (χ1v) is 9.44. The Kier molecular flexibility index (Phi) is 5.08. The largest absolute Gasteiger partial charge is 0.344 e. The number of nitriles is 1. The predicted octanol–water partition coefficient (Wildman–Crippen LogP) is 4.45. The number of carbonyl (C=O) groups is 1. The van der Waals surface area contributed by atoms with E-state index in [-0.39, 0.29) is 11.9 Å². The highest BCUT2D eigenvalue weighted by atomic mass is 16.2. The van der Waals surface area contributed by atoms with E-state index in [1.54, 1.807) is 18.5 Å². The van der Waals surface area contributed by atoms with Crippen molar-refractivity contribution in [3.8, 4) is 6.07 Å². The molecule has 29 heavy (non-hydrogen) atoms. The molecule has 0 spiro atoms. The van der Waals surface area contributed by atoms with E-state index in [1.807, 2.05) is 72.2 Å². The van der Waals surface area contributed by atoms with E-state index < -0.39 is 0 Å². The lowest BCUT2D eigenvalue weighted by molar-refractivity contribution is 0.0931. The van der Waals surface area contributed by atoms with E-state index in [4.69, 9.17) is 0 Å². The second-order valence-corrected chi connectivity index (χ2v) is 6.96. The fourth-order valence-electron chi connectivity index (χ4n) is 3.50. The Morgan fingerprint density at radius 2 is 1.90 bits per heavy atom. The number of nitrogens with zero attached hydrogens (tertiary/aromatic N) is 3. The first-order valence-electron chi connectivity index (χ1n) is 9.44. The molecule has 0 bridgehead atoms. The average molecular weight is 380 g/mol. The minimum Gasteiger partial charge on any atom is -0.344 e. The summed E-state index contributed by atoms with van der Waals surface area (Å²) in [6, 6.07) is 23.1. The number of nitrogens with one attached hydrogen (secondary N) is 1. The summed E-state index contributed by atoms with van der Waals surface area (Å²) < 4.78 is 2.00. The van der Waals surface area contributed by atoms with Crippen LogP contribution in [-0.2, 0) is 6.54 Å². The van der Waals surface area contributed by atoms with Crippen molar-refractivity contribution in [2.45, 2.75) is 19.5 Å². The van der Waals surface area contributed by atoms with E-state index in [1.165, 1.54) is 0 Å². The van der Waals surface area contributed by atoms with Crippen molar-refractivity contribution < 1.29 is 4.79 Å². The van der Waals surface area contributed by atoms with Crippen LogP contribution < -0.4 is 5.32 Å². The predicted molar refractivity (Wildman–Crippen MR) is 112 cm³/mol. The maximum absolute atomic E-state index is 13.1. The molecule has 0 radical (unpaired) electrons. The fraction of sp³-hybridized carbons (Fsp3) is 0.125. The number of hydrogen-bond acceptors (Lipinski definition) is 3. The van der Waals surface area contributed by atoms with Gasteiger partial charge in [0.25, 0.3) is 5.91 Å². The molecular weight excluding hydrogens is 360 g/mol. The minimum atomic E-state index is -0.140. The van der Waals surface area contributed by atoms with Crippen LogP contribution in [0.25, 0.3) is 10.9 Å². The number of pyridine rings is 1. The third-order valence-electron chi connectivity index (χ3n) is 4.99. The van der Waals surface area contributed by atoms with Crippen molar-refractivity contribution in [2.24, 2.45) is 0 Å². The first-order chi connectivity index (χ1) is 14.2. The number of aromatic nitrogens is 2. The molecule has 4 aromatic rings. The number of amides is 1. The normalized spacial score (nSPS) is 11.7. The van der Waals surface area contributed by atoms with Gasteiger partial charge in [-0.1, -0.05) is 30.3 Å². The summed E-state index contributed by atoms with van der Waals surface area (Å²) >= 11 is 0. The molecule has 2 aromatic carbocycles. The van der Waals surface area contributed by atoms with Crippen molar-refractivity contribution in [1.29, 1.82) is 5.26 Å². The van der Waals surface area contributed by atoms with Gasteiger partial charge >= 0.3 is 0 Å². The molecular formula is C24H20N4O. The lowest BCUT2D eigenvalue weighted by Gasteiger charge is -2.16. The van der Waals surface area contributed by atoms with Gasteiger partial charge in [0.05, 0.1) is 17.7 Å². The van der Waals surface area contributed by atoms with E-state index in [0.717, 1.165) is 22.0 Å². The Balaban J connectivity index is 1.69. The van der Waals surface area contributed by atoms with Crippen molar-refractivity contribution >= 4 is 16.8 Å². The Hall–Kier alpha value is -3.91. The van der Waals surface area contributed by atoms with E-state index >= 15 is 0 Å². The molecule has 1 amide bonds. The summed E-state index contributed by atoms with van der Waals surface area (Å²) in [4.78, 5) is 17.2. The Labute approximate surface area is 169 Å². The van der Waals surface area contributed by atoms with Crippen LogP contribution in [0, 0.1) is 11.3 Å². The second-order valence-electron chi connectivity index (χ2n) is 6.96. The third kappa shape index (κ3) is 3.87. The topological polar surface area (TPSA) is 70.7 Å². The highest BCUT2D eigenvalue weighted by Gasteiger charge is 2.18. The molecule has 0 saturated carbocycles. The maximum Gasteiger partial charge on any atom is 0.268 e. The fourth-order valence-corrected chi connectivity index (χ4v) is 3.50. The highest BCUT2D eigenvalue weighted by molar-refractivity contribution is 5.99. The van der Waals surface area contributed by atoms with Gasteiger partial charge in [0, 0.05) is 29.8 Å². The van der Waals surface area contributed by atoms with Gasteiger partial charge in [0.2, 0.25) is 0 Å². The van der Waals surface area contributed by atoms with Crippen molar-refractivity contribution in [1.82, 2.24) is 14.9 Å². The Morgan fingerprint density at radius 3 is 2.69 bits per heavy atom. The molecule has 0 fully saturated rings. The van der Waals surface area contributed by atoms with Crippen molar-refractivity contribution in [3.05, 3.63) is 102 Å². The van der Waals surface area contributed by atoms with Gasteiger partial charge in [-0.3, -0.25) is 9.78 Å². The van der Waals surface area contributed by atoms with Crippen LogP contribution in [0.1, 0.15) is 40.1 Å². The summed E-state index contributed by atoms with van der Waals surface area (Å²) in [5, 5.41) is 13.3. The van der Waals surface area contributed by atoms with Crippen LogP contribution in [0.3, 0.4) is 0 Å². The van der Waals surface area contributed by atoms with Gasteiger partial charge in [0.15, 0.2) is 0 Å². The SMILES string of the molecule is CC(NC(=O)c1cc2ccccc2n1Cc1cccc(C#N)c1)c1ccncc1. The molecule has 0 aliphatic rings. The zero-order valence-electron chi connectivity index (χ0n) is 16.0. The van der Waals surface area contributed by atoms with Gasteiger partial charge in [-0.05, 0) is 54.4 Å². The molecule has 5 heteroatoms. The van der Waals surface area contributed by atoms with E-state index in [0.29, 0.717) is 17.8 Å². The molecule has 1 N–H and O–H groups in total. The smallest absolute Gasteiger partial charge is 0.268 e. The van der Waals surface area contributed by atoms with Crippen molar-refractivity contribution in [2.75, 3.05) is 0 Å². The number of para-hydroxylation sites is 1. The van der Waals surface area contributed by atoms with Crippen LogP contribution in [-0.4, -0.2) is 15.5 Å². The number of rotatable bonds is 5. The lowest BCUT2D eigenvalue weighted by atomic mass is 10.1. The van der Waals surface area contributed by atoms with Gasteiger partial charge in [0.1, 0.15) is 5.69 Å². The summed E-state index contributed by atoms with van der Waals surface area (Å²) in [5.74, 6) is -0.137. The zero-order valence-corrected chi connectivity index (χ0v) is 16.0. The van der Waals surface area contributed by atoms with Gasteiger partial charge < -0.3 is 9.88 Å². The maximum atomic E-state index is 13.1. The Morgan fingerprint density at radius 1 is 1.10 bits per heavy atom. The molecule has 1 unspecified atom stereocenters. The van der Waals surface area contributed by atoms with Crippen LogP contribution in [0.15, 0.2) is 79.1 Å². The van der Waals surface area contributed by atoms with Crippen LogP contribution in [0.4, 0.5) is 0 Å². The van der Waals surface area contributed by atoms with E-state index in [9.17, 15) is 10.1 Å². The van der Waals surface area contributed by atoms with Crippen LogP contribution in [0.2, 0.25) is 0 Å². The quantitative estimate of drug-likeness (QED) is 0.556. The third-order valence-corrected chi connectivity index (χ3v) is 4.99. The van der Waals surface area contributed by atoms with Gasteiger partial charge in [-0.25, -0.2) is 0 Å². The summed E-state index contributed by atoms with van der Waals surface area (Å²) in [6.45, 7) is 2.46. The molecule has 0 aliphatic carbocycles. The standard InChI is InChI=1S/C24H20N4O/c1-17(20-9-11-26-12-10-20)27-24(29)23-14-21-7-2-3-8-22(21)28(23)16-19-6-4-5-18(13-19)15-25/h2-14,17H,16H2,1H3,(H,27,29). The van der Waals surface area contributed by atoms with E-state index in [2.05, 4.69) is 16.4 Å². The molecule has 0 saturated heterocycles. The second kappa shape index (κ2) is 7.99. The minimum absolute atomic E-state index is 0.137. The zero-order chi connectivity index (χ0) is 20.2. The van der Waals surface area contributed by atoms with Crippen LogP contribution >= 0.6 is 0 Å². The van der Waals surface area contributed by atoms with Gasteiger partial charge in [-0.15, -0.1) is 0 Å². The molecule has 0 aliphatic heterocycles. The monoisotopic (exact) mass is 380 g/mol. The number of benzene rings is 2. The summed E-state index contributed by atoms with van der Waals surface area (Å²) in [5.41, 5.74) is 4.15. The van der Waals surface area contributed by atoms with Crippen molar-refractivity contribution in [3.63, 3.8) is 0 Å². The lowest BCUT2D eigenvalue weighted by Crippen LogP contribution is -2.28. The Bertz CT molecular complexity index is 1200. The molecule has 2 aromatic heterocycles. The van der Waals surface area contributed by atoms with Crippen LogP contribution in [0.5, 0.6) is 0 Å². The first kappa shape index (κ1) is 18.5.